The molecular weight excluding hydrogens is 283 g/mol. The zero-order valence-corrected chi connectivity index (χ0v) is 11.4. The van der Waals surface area contributed by atoms with Gasteiger partial charge in [0.15, 0.2) is 0 Å². The molecule has 114 valence electrons. The summed E-state index contributed by atoms with van der Waals surface area (Å²) in [4.78, 5) is 0. The Morgan fingerprint density at radius 2 is 1.95 bits per heavy atom. The molecule has 1 heterocycles. The van der Waals surface area contributed by atoms with Crippen molar-refractivity contribution in [2.24, 2.45) is 0 Å². The lowest BCUT2D eigenvalue weighted by Crippen LogP contribution is -2.08. The first kappa shape index (κ1) is 15.4. The maximum Gasteiger partial charge on any atom is 0.416 e. The molecule has 0 saturated heterocycles. The van der Waals surface area contributed by atoms with Gasteiger partial charge in [0, 0.05) is 12.2 Å². The van der Waals surface area contributed by atoms with Crippen LogP contribution in [0.3, 0.4) is 0 Å². The van der Waals surface area contributed by atoms with E-state index < -0.39 is 11.7 Å². The lowest BCUT2D eigenvalue weighted by Gasteiger charge is -2.15. The van der Waals surface area contributed by atoms with E-state index in [4.69, 9.17) is 5.11 Å². The van der Waals surface area contributed by atoms with Gasteiger partial charge in [-0.3, -0.25) is 4.68 Å². The van der Waals surface area contributed by atoms with E-state index in [0.717, 1.165) is 23.4 Å². The number of hydrogen-bond acceptors (Lipinski definition) is 3. The molecule has 0 fully saturated rings. The summed E-state index contributed by atoms with van der Waals surface area (Å²) >= 11 is 0. The van der Waals surface area contributed by atoms with Crippen LogP contribution in [0.1, 0.15) is 24.1 Å². The van der Waals surface area contributed by atoms with E-state index in [9.17, 15) is 13.2 Å². The molecule has 2 rings (SSSR count). The number of halogens is 3. The number of anilines is 1. The van der Waals surface area contributed by atoms with Gasteiger partial charge in [-0.05, 0) is 24.6 Å². The van der Waals surface area contributed by atoms with Crippen LogP contribution >= 0.6 is 0 Å². The summed E-state index contributed by atoms with van der Waals surface area (Å²) in [6, 6.07) is 4.90. The first-order chi connectivity index (χ1) is 9.90. The lowest BCUT2D eigenvalue weighted by molar-refractivity contribution is -0.137. The van der Waals surface area contributed by atoms with Crippen LogP contribution in [-0.2, 0) is 12.7 Å². The van der Waals surface area contributed by atoms with Gasteiger partial charge in [-0.25, -0.2) is 0 Å². The van der Waals surface area contributed by atoms with Crippen LogP contribution in [-0.4, -0.2) is 21.5 Å². The van der Waals surface area contributed by atoms with Gasteiger partial charge < -0.3 is 10.4 Å². The van der Waals surface area contributed by atoms with Crippen LogP contribution in [0.15, 0.2) is 36.7 Å². The summed E-state index contributed by atoms with van der Waals surface area (Å²) in [6.45, 7) is 2.25. The van der Waals surface area contributed by atoms with Crippen molar-refractivity contribution in [3.63, 3.8) is 0 Å². The summed E-state index contributed by atoms with van der Waals surface area (Å²) in [5, 5.41) is 16.0. The predicted octanol–water partition coefficient (Wildman–Crippen LogP) is 3.07. The highest BCUT2D eigenvalue weighted by Crippen LogP contribution is 2.30. The second-order valence-electron chi connectivity index (χ2n) is 4.70. The Kier molecular flexibility index (Phi) is 4.52. The maximum atomic E-state index is 12.5. The summed E-state index contributed by atoms with van der Waals surface area (Å²) in [5.41, 5.74) is 0.836. The second kappa shape index (κ2) is 6.17. The molecule has 0 bridgehead atoms. The van der Waals surface area contributed by atoms with Crippen LogP contribution in [0.5, 0.6) is 0 Å². The lowest BCUT2D eigenvalue weighted by atomic mass is 10.1. The first-order valence-corrected chi connectivity index (χ1v) is 6.47. The van der Waals surface area contributed by atoms with Gasteiger partial charge in [0.1, 0.15) is 0 Å². The molecule has 2 aromatic rings. The van der Waals surface area contributed by atoms with Gasteiger partial charge in [-0.1, -0.05) is 12.1 Å². The Balaban J connectivity index is 2.04. The quantitative estimate of drug-likeness (QED) is 0.892. The highest BCUT2D eigenvalue weighted by Gasteiger charge is 2.30. The Morgan fingerprint density at radius 3 is 2.52 bits per heavy atom. The molecule has 1 aromatic heterocycles. The van der Waals surface area contributed by atoms with Gasteiger partial charge in [0.25, 0.3) is 0 Å². The van der Waals surface area contributed by atoms with Gasteiger partial charge in [0.05, 0.1) is 30.6 Å². The molecule has 0 aliphatic heterocycles. The third kappa shape index (κ3) is 3.98. The Hall–Kier alpha value is -2.02. The molecule has 0 amide bonds. The van der Waals surface area contributed by atoms with Gasteiger partial charge in [-0.15, -0.1) is 0 Å². The predicted molar refractivity (Wildman–Crippen MR) is 72.8 cm³/mol. The number of alkyl halides is 3. The van der Waals surface area contributed by atoms with Crippen LogP contribution in [0.2, 0.25) is 0 Å². The third-order valence-electron chi connectivity index (χ3n) is 3.08. The SMILES string of the molecule is CC(Nc1cnn(CCO)c1)c1ccc(C(F)(F)F)cc1. The van der Waals surface area contributed by atoms with E-state index in [1.54, 1.807) is 17.1 Å². The fraction of sp³-hybridized carbons (Fsp3) is 0.357. The van der Waals surface area contributed by atoms with E-state index in [2.05, 4.69) is 10.4 Å². The highest BCUT2D eigenvalue weighted by atomic mass is 19.4. The van der Waals surface area contributed by atoms with Crippen molar-refractivity contribution >= 4 is 5.69 Å². The van der Waals surface area contributed by atoms with Crippen molar-refractivity contribution in [2.75, 3.05) is 11.9 Å². The van der Waals surface area contributed by atoms with Crippen molar-refractivity contribution < 1.29 is 18.3 Å². The van der Waals surface area contributed by atoms with Crippen molar-refractivity contribution in [3.05, 3.63) is 47.8 Å². The molecular formula is C14H16F3N3O. The van der Waals surface area contributed by atoms with Crippen molar-refractivity contribution in [3.8, 4) is 0 Å². The molecule has 2 N–H and O–H groups in total. The van der Waals surface area contributed by atoms with E-state index in [1.165, 1.54) is 12.1 Å². The molecule has 1 aromatic carbocycles. The third-order valence-corrected chi connectivity index (χ3v) is 3.08. The summed E-state index contributed by atoms with van der Waals surface area (Å²) in [5.74, 6) is 0. The Labute approximate surface area is 120 Å². The van der Waals surface area contributed by atoms with Crippen LogP contribution < -0.4 is 5.32 Å². The van der Waals surface area contributed by atoms with Crippen LogP contribution in [0.25, 0.3) is 0 Å². The van der Waals surface area contributed by atoms with E-state index >= 15 is 0 Å². The standard InChI is InChI=1S/C14H16F3N3O/c1-10(19-13-8-18-20(9-13)6-7-21)11-2-4-12(5-3-11)14(15,16)17/h2-5,8-10,19,21H,6-7H2,1H3. The molecule has 0 radical (unpaired) electrons. The minimum atomic E-state index is -4.32. The topological polar surface area (TPSA) is 50.1 Å². The van der Waals surface area contributed by atoms with Crippen LogP contribution in [0, 0.1) is 0 Å². The number of hydrogen-bond donors (Lipinski definition) is 2. The monoisotopic (exact) mass is 299 g/mol. The Bertz CT molecular complexity index is 578. The minimum Gasteiger partial charge on any atom is -0.394 e. The van der Waals surface area contributed by atoms with Crippen molar-refractivity contribution in [1.82, 2.24) is 9.78 Å². The number of nitrogens with one attached hydrogen (secondary N) is 1. The second-order valence-corrected chi connectivity index (χ2v) is 4.70. The number of nitrogens with zero attached hydrogens (tertiary/aromatic N) is 2. The summed E-state index contributed by atoms with van der Waals surface area (Å²) in [7, 11) is 0. The molecule has 0 aliphatic rings. The zero-order valence-electron chi connectivity index (χ0n) is 11.4. The summed E-state index contributed by atoms with van der Waals surface area (Å²) in [6.07, 6.45) is -0.978. The van der Waals surface area contributed by atoms with Crippen LogP contribution in [0.4, 0.5) is 18.9 Å². The molecule has 0 aliphatic carbocycles. The van der Waals surface area contributed by atoms with Crippen molar-refractivity contribution in [2.45, 2.75) is 25.7 Å². The Morgan fingerprint density at radius 1 is 1.29 bits per heavy atom. The van der Waals surface area contributed by atoms with Gasteiger partial charge in [-0.2, -0.15) is 18.3 Å². The number of aliphatic hydroxyl groups excluding tert-OH is 1. The van der Waals surface area contributed by atoms with E-state index in [1.807, 2.05) is 6.92 Å². The molecule has 21 heavy (non-hydrogen) atoms. The average molecular weight is 299 g/mol. The molecule has 4 nitrogen and oxygen atoms in total. The smallest absolute Gasteiger partial charge is 0.394 e. The van der Waals surface area contributed by atoms with Gasteiger partial charge in [0.2, 0.25) is 0 Å². The maximum absolute atomic E-state index is 12.5. The normalized spacial score (nSPS) is 13.2. The number of benzene rings is 1. The summed E-state index contributed by atoms with van der Waals surface area (Å²) < 4.78 is 39.1. The largest absolute Gasteiger partial charge is 0.416 e. The van der Waals surface area contributed by atoms with E-state index in [-0.39, 0.29) is 12.6 Å². The molecule has 0 spiro atoms. The van der Waals surface area contributed by atoms with Gasteiger partial charge >= 0.3 is 6.18 Å². The fourth-order valence-electron chi connectivity index (χ4n) is 1.96. The number of aromatic nitrogens is 2. The first-order valence-electron chi connectivity index (χ1n) is 6.47. The number of rotatable bonds is 5. The average Bonchev–Trinajstić information content (AvgIpc) is 2.86. The molecule has 7 heteroatoms. The highest BCUT2D eigenvalue weighted by molar-refractivity contribution is 5.42. The zero-order chi connectivity index (χ0) is 15.5. The fourth-order valence-corrected chi connectivity index (χ4v) is 1.96. The molecule has 1 unspecified atom stereocenters. The number of aliphatic hydroxyl groups is 1. The molecule has 1 atom stereocenters. The van der Waals surface area contributed by atoms with Crippen molar-refractivity contribution in [1.29, 1.82) is 0 Å². The minimum absolute atomic E-state index is 0.00439. The van der Waals surface area contributed by atoms with E-state index in [0.29, 0.717) is 6.54 Å². The molecule has 0 saturated carbocycles.